The van der Waals surface area contributed by atoms with Crippen LogP contribution < -0.4 is 10.6 Å². The Balaban J connectivity index is 1.86. The Kier molecular flexibility index (Phi) is 7.10. The summed E-state index contributed by atoms with van der Waals surface area (Å²) in [4.78, 5) is 18.1. The van der Waals surface area contributed by atoms with Crippen molar-refractivity contribution < 1.29 is 9.53 Å². The van der Waals surface area contributed by atoms with E-state index in [2.05, 4.69) is 51.7 Å². The van der Waals surface area contributed by atoms with E-state index in [0.717, 1.165) is 25.3 Å². The van der Waals surface area contributed by atoms with E-state index in [4.69, 9.17) is 4.74 Å². The van der Waals surface area contributed by atoms with Gasteiger partial charge in [0.25, 0.3) is 0 Å². The van der Waals surface area contributed by atoms with Gasteiger partial charge in [-0.2, -0.15) is 0 Å². The van der Waals surface area contributed by atoms with Crippen LogP contribution in [0.4, 0.5) is 4.79 Å². The number of hydrogen-bond acceptors (Lipinski definition) is 3. The normalized spacial score (nSPS) is 15.4. The maximum atomic E-state index is 11.7. The van der Waals surface area contributed by atoms with Gasteiger partial charge < -0.3 is 20.3 Å². The number of carbonyl (C=O) groups excluding carboxylic acids is 1. The summed E-state index contributed by atoms with van der Waals surface area (Å²) in [5.41, 5.74) is 2.49. The molecule has 1 aromatic rings. The summed E-state index contributed by atoms with van der Waals surface area (Å²) in [5, 5.41) is 6.33. The van der Waals surface area contributed by atoms with Crippen LogP contribution >= 0.6 is 0 Å². The molecule has 0 bridgehead atoms. The summed E-state index contributed by atoms with van der Waals surface area (Å²) in [6, 6.07) is 8.57. The number of hydrogen-bond donors (Lipinski definition) is 2. The Hall–Kier alpha value is -2.24. The molecule has 1 atom stereocenters. The fourth-order valence-electron chi connectivity index (χ4n) is 2.79. The van der Waals surface area contributed by atoms with Gasteiger partial charge in [-0.05, 0) is 38.2 Å². The molecule has 1 aromatic carbocycles. The third-order valence-corrected chi connectivity index (χ3v) is 4.36. The minimum Gasteiger partial charge on any atom is -0.450 e. The van der Waals surface area contributed by atoms with Crippen LogP contribution in [0, 0.1) is 12.8 Å². The van der Waals surface area contributed by atoms with Crippen LogP contribution in [0.25, 0.3) is 0 Å². The second kappa shape index (κ2) is 9.30. The van der Waals surface area contributed by atoms with E-state index in [9.17, 15) is 4.79 Å². The number of carbonyl (C=O) groups is 1. The molecule has 1 amide bonds. The molecule has 0 heterocycles. The summed E-state index contributed by atoms with van der Waals surface area (Å²) in [7, 11) is 3.79. The number of benzene rings is 1. The highest BCUT2D eigenvalue weighted by Gasteiger charge is 2.32. The van der Waals surface area contributed by atoms with Gasteiger partial charge in [0, 0.05) is 27.2 Å². The summed E-state index contributed by atoms with van der Waals surface area (Å²) >= 11 is 0. The fourth-order valence-corrected chi connectivity index (χ4v) is 2.79. The maximum Gasteiger partial charge on any atom is 0.407 e. The molecule has 0 saturated heterocycles. The molecule has 0 spiro atoms. The fraction of sp³-hybridized carbons (Fsp3) is 0.579. The Morgan fingerprint density at radius 1 is 1.36 bits per heavy atom. The van der Waals surface area contributed by atoms with Gasteiger partial charge in [-0.25, -0.2) is 4.79 Å². The number of ether oxygens (including phenoxy) is 1. The third kappa shape index (κ3) is 6.29. The van der Waals surface area contributed by atoms with Gasteiger partial charge in [-0.1, -0.05) is 29.8 Å². The summed E-state index contributed by atoms with van der Waals surface area (Å²) in [6.45, 7) is 5.71. The van der Waals surface area contributed by atoms with Crippen LogP contribution in [-0.2, 0) is 11.3 Å². The molecule has 2 rings (SSSR count). The molecule has 25 heavy (non-hydrogen) atoms. The predicted molar refractivity (Wildman–Crippen MR) is 101 cm³/mol. The minimum atomic E-state index is -0.343. The molecular weight excluding hydrogens is 316 g/mol. The van der Waals surface area contributed by atoms with Gasteiger partial charge in [-0.15, -0.1) is 0 Å². The lowest BCUT2D eigenvalue weighted by Crippen LogP contribution is -2.48. The molecule has 0 aliphatic heterocycles. The zero-order valence-corrected chi connectivity index (χ0v) is 15.7. The van der Waals surface area contributed by atoms with E-state index in [1.54, 1.807) is 7.05 Å². The summed E-state index contributed by atoms with van der Waals surface area (Å²) in [6.07, 6.45) is 1.96. The van der Waals surface area contributed by atoms with Crippen molar-refractivity contribution >= 4 is 12.1 Å². The van der Waals surface area contributed by atoms with Crippen molar-refractivity contribution in [2.45, 2.75) is 39.3 Å². The standard InChI is InChI=1S/C19H30N4O2/c1-5-25-19(24)22-17(16-10-11-16)12-21-18(20-3)23(4)13-15-8-6-14(2)7-9-15/h6-9,16-17H,5,10-13H2,1-4H3,(H,20,21)(H,22,24). The van der Waals surface area contributed by atoms with Crippen LogP contribution in [0.15, 0.2) is 29.3 Å². The van der Waals surface area contributed by atoms with Crippen molar-refractivity contribution in [1.82, 2.24) is 15.5 Å². The van der Waals surface area contributed by atoms with Gasteiger partial charge in [0.2, 0.25) is 0 Å². The van der Waals surface area contributed by atoms with Gasteiger partial charge in [0.05, 0.1) is 12.6 Å². The maximum absolute atomic E-state index is 11.7. The highest BCUT2D eigenvalue weighted by molar-refractivity contribution is 5.79. The molecule has 6 heteroatoms. The number of aryl methyl sites for hydroxylation is 1. The highest BCUT2D eigenvalue weighted by Crippen LogP contribution is 2.32. The van der Waals surface area contributed by atoms with Crippen molar-refractivity contribution in [3.8, 4) is 0 Å². The molecule has 6 nitrogen and oxygen atoms in total. The Morgan fingerprint density at radius 3 is 2.60 bits per heavy atom. The van der Waals surface area contributed by atoms with Crippen molar-refractivity contribution in [3.05, 3.63) is 35.4 Å². The number of rotatable bonds is 7. The first-order valence-corrected chi connectivity index (χ1v) is 8.94. The van der Waals surface area contributed by atoms with E-state index in [0.29, 0.717) is 19.1 Å². The van der Waals surface area contributed by atoms with E-state index in [1.807, 2.05) is 14.0 Å². The molecule has 2 N–H and O–H groups in total. The van der Waals surface area contributed by atoms with Gasteiger partial charge in [-0.3, -0.25) is 4.99 Å². The average molecular weight is 346 g/mol. The molecule has 1 aliphatic rings. The van der Waals surface area contributed by atoms with E-state index >= 15 is 0 Å². The topological polar surface area (TPSA) is 66.0 Å². The lowest BCUT2D eigenvalue weighted by Gasteiger charge is -2.25. The molecule has 0 aromatic heterocycles. The Bertz CT molecular complexity index is 582. The zero-order valence-electron chi connectivity index (χ0n) is 15.7. The van der Waals surface area contributed by atoms with Gasteiger partial charge in [0.1, 0.15) is 0 Å². The number of amides is 1. The average Bonchev–Trinajstić information content (AvgIpc) is 3.41. The Labute approximate surface area is 150 Å². The second-order valence-electron chi connectivity index (χ2n) is 6.58. The molecular formula is C19H30N4O2. The van der Waals surface area contributed by atoms with E-state index < -0.39 is 0 Å². The van der Waals surface area contributed by atoms with Crippen LogP contribution in [0.5, 0.6) is 0 Å². The number of guanidine groups is 1. The first-order valence-electron chi connectivity index (χ1n) is 8.94. The molecule has 1 unspecified atom stereocenters. The van der Waals surface area contributed by atoms with Crippen molar-refractivity contribution in [1.29, 1.82) is 0 Å². The summed E-state index contributed by atoms with van der Waals surface area (Å²) < 4.78 is 5.00. The quantitative estimate of drug-likeness (QED) is 0.588. The molecule has 138 valence electrons. The lowest BCUT2D eigenvalue weighted by atomic mass is 10.1. The lowest BCUT2D eigenvalue weighted by molar-refractivity contribution is 0.146. The first kappa shape index (κ1) is 19.1. The van der Waals surface area contributed by atoms with E-state index in [-0.39, 0.29) is 12.1 Å². The van der Waals surface area contributed by atoms with Crippen LogP contribution in [0.3, 0.4) is 0 Å². The number of nitrogens with zero attached hydrogens (tertiary/aromatic N) is 2. The molecule has 1 fully saturated rings. The number of alkyl carbamates (subject to hydrolysis) is 1. The van der Waals surface area contributed by atoms with Crippen molar-refractivity contribution in [3.63, 3.8) is 0 Å². The number of nitrogens with one attached hydrogen (secondary N) is 2. The number of aliphatic imine (C=N–C) groups is 1. The van der Waals surface area contributed by atoms with Gasteiger partial charge in [0.15, 0.2) is 5.96 Å². The van der Waals surface area contributed by atoms with Crippen LogP contribution in [-0.4, -0.2) is 50.2 Å². The summed E-state index contributed by atoms with van der Waals surface area (Å²) in [5.74, 6) is 1.34. The predicted octanol–water partition coefficient (Wildman–Crippen LogP) is 2.53. The second-order valence-corrected chi connectivity index (χ2v) is 6.58. The van der Waals surface area contributed by atoms with Crippen LogP contribution in [0.1, 0.15) is 30.9 Å². The highest BCUT2D eigenvalue weighted by atomic mass is 16.5. The Morgan fingerprint density at radius 2 is 2.04 bits per heavy atom. The zero-order chi connectivity index (χ0) is 18.2. The smallest absolute Gasteiger partial charge is 0.407 e. The van der Waals surface area contributed by atoms with Crippen molar-refractivity contribution in [2.75, 3.05) is 27.2 Å². The largest absolute Gasteiger partial charge is 0.450 e. The first-order chi connectivity index (χ1) is 12.0. The van der Waals surface area contributed by atoms with Gasteiger partial charge >= 0.3 is 6.09 Å². The molecule has 1 saturated carbocycles. The molecule has 0 radical (unpaired) electrons. The molecule has 1 aliphatic carbocycles. The minimum absolute atomic E-state index is 0.0728. The van der Waals surface area contributed by atoms with E-state index in [1.165, 1.54) is 11.1 Å². The third-order valence-electron chi connectivity index (χ3n) is 4.36. The monoisotopic (exact) mass is 346 g/mol. The van der Waals surface area contributed by atoms with Crippen LogP contribution in [0.2, 0.25) is 0 Å². The SMILES string of the molecule is CCOC(=O)NC(CNC(=NC)N(C)Cc1ccc(C)cc1)C1CC1. The van der Waals surface area contributed by atoms with Crippen molar-refractivity contribution in [2.24, 2.45) is 10.9 Å².